The summed E-state index contributed by atoms with van der Waals surface area (Å²) in [7, 11) is 0. The van der Waals surface area contributed by atoms with Gasteiger partial charge in [0.1, 0.15) is 6.61 Å². The van der Waals surface area contributed by atoms with Gasteiger partial charge in [0.2, 0.25) is 5.91 Å². The van der Waals surface area contributed by atoms with Crippen LogP contribution in [0.2, 0.25) is 0 Å². The Morgan fingerprint density at radius 1 is 1.00 bits per heavy atom. The van der Waals surface area contributed by atoms with Crippen LogP contribution >= 0.6 is 0 Å². The van der Waals surface area contributed by atoms with Crippen molar-refractivity contribution in [2.45, 2.75) is 44.6 Å². The topological polar surface area (TPSA) is 41.6 Å². The number of hydrogen-bond acceptors (Lipinski definition) is 3. The maximum atomic E-state index is 12.3. The first-order chi connectivity index (χ1) is 9.31. The van der Waals surface area contributed by atoms with Crippen molar-refractivity contribution >= 4 is 5.91 Å². The Hall–Kier alpha value is -0.610. The predicted octanol–water partition coefficient (Wildman–Crippen LogP) is 1.40. The lowest BCUT2D eigenvalue weighted by Crippen LogP contribution is -2.39. The van der Waals surface area contributed by atoms with Gasteiger partial charge in [-0.05, 0) is 63.5 Å². The van der Waals surface area contributed by atoms with E-state index < -0.39 is 0 Å². The molecule has 1 amide bonds. The number of rotatable bonds is 7. The zero-order valence-corrected chi connectivity index (χ0v) is 11.8. The summed E-state index contributed by atoms with van der Waals surface area (Å²) in [5, 5.41) is 3.32. The molecule has 1 heterocycles. The fraction of sp³-hybridized carbons (Fsp3) is 0.933. The highest BCUT2D eigenvalue weighted by atomic mass is 16.5. The minimum Gasteiger partial charge on any atom is -0.368 e. The first kappa shape index (κ1) is 13.4. The van der Waals surface area contributed by atoms with Crippen LogP contribution in [0.1, 0.15) is 38.5 Å². The third-order valence-corrected chi connectivity index (χ3v) is 4.43. The lowest BCUT2D eigenvalue weighted by atomic mass is 10.1. The van der Waals surface area contributed by atoms with Crippen LogP contribution in [0.25, 0.3) is 0 Å². The molecule has 0 spiro atoms. The van der Waals surface area contributed by atoms with E-state index in [4.69, 9.17) is 4.74 Å². The minimum atomic E-state index is 0.220. The summed E-state index contributed by atoms with van der Waals surface area (Å²) in [5.74, 6) is 1.78. The van der Waals surface area contributed by atoms with Crippen LogP contribution in [0.4, 0.5) is 0 Å². The van der Waals surface area contributed by atoms with Gasteiger partial charge in [-0.25, -0.2) is 0 Å². The third-order valence-electron chi connectivity index (χ3n) is 4.43. The third kappa shape index (κ3) is 4.46. The molecule has 0 aromatic carbocycles. The molecule has 3 aliphatic rings. The van der Waals surface area contributed by atoms with Gasteiger partial charge in [-0.2, -0.15) is 0 Å². The van der Waals surface area contributed by atoms with E-state index in [2.05, 4.69) is 10.2 Å². The highest BCUT2D eigenvalue weighted by Gasteiger charge is 2.31. The highest BCUT2D eigenvalue weighted by Crippen LogP contribution is 2.33. The van der Waals surface area contributed by atoms with E-state index in [1.165, 1.54) is 25.7 Å². The van der Waals surface area contributed by atoms with E-state index in [0.717, 1.165) is 50.9 Å². The summed E-state index contributed by atoms with van der Waals surface area (Å²) in [6.07, 6.45) is 7.60. The van der Waals surface area contributed by atoms with Crippen molar-refractivity contribution in [1.29, 1.82) is 0 Å². The van der Waals surface area contributed by atoms with Gasteiger partial charge in [-0.15, -0.1) is 0 Å². The number of nitrogens with one attached hydrogen (secondary N) is 1. The molecule has 1 aliphatic heterocycles. The first-order valence-electron chi connectivity index (χ1n) is 7.91. The maximum absolute atomic E-state index is 12.3. The van der Waals surface area contributed by atoms with Crippen LogP contribution in [-0.4, -0.2) is 49.7 Å². The molecule has 0 atom stereocenters. The average Bonchev–Trinajstić information content (AvgIpc) is 3.31. The fourth-order valence-corrected chi connectivity index (χ4v) is 2.74. The second kappa shape index (κ2) is 6.23. The Kier molecular flexibility index (Phi) is 4.38. The highest BCUT2D eigenvalue weighted by molar-refractivity contribution is 5.77. The van der Waals surface area contributed by atoms with Crippen LogP contribution in [0.5, 0.6) is 0 Å². The quantitative estimate of drug-likeness (QED) is 0.757. The number of piperidine rings is 1. The van der Waals surface area contributed by atoms with E-state index in [9.17, 15) is 4.79 Å². The Balaban J connectivity index is 1.42. The van der Waals surface area contributed by atoms with Gasteiger partial charge < -0.3 is 15.0 Å². The summed E-state index contributed by atoms with van der Waals surface area (Å²) >= 11 is 0. The number of ether oxygens (including phenoxy) is 1. The Bertz CT molecular complexity index is 293. The van der Waals surface area contributed by atoms with E-state index in [-0.39, 0.29) is 12.0 Å². The van der Waals surface area contributed by atoms with Crippen molar-refractivity contribution in [1.82, 2.24) is 10.2 Å². The second-order valence-corrected chi connectivity index (χ2v) is 6.45. The molecule has 3 fully saturated rings. The van der Waals surface area contributed by atoms with Gasteiger partial charge in [0.05, 0.1) is 6.10 Å². The van der Waals surface area contributed by atoms with Gasteiger partial charge in [0.25, 0.3) is 0 Å². The molecule has 1 N–H and O–H groups in total. The van der Waals surface area contributed by atoms with Gasteiger partial charge in [-0.1, -0.05) is 0 Å². The molecule has 4 heteroatoms. The molecule has 2 aliphatic carbocycles. The van der Waals surface area contributed by atoms with Gasteiger partial charge >= 0.3 is 0 Å². The summed E-state index contributed by atoms with van der Waals surface area (Å²) in [6.45, 7) is 4.29. The van der Waals surface area contributed by atoms with Crippen molar-refractivity contribution < 1.29 is 9.53 Å². The summed E-state index contributed by atoms with van der Waals surface area (Å²) in [4.78, 5) is 14.4. The molecule has 108 valence electrons. The lowest BCUT2D eigenvalue weighted by molar-refractivity contribution is -0.139. The van der Waals surface area contributed by atoms with Gasteiger partial charge in [-0.3, -0.25) is 4.79 Å². The fourth-order valence-electron chi connectivity index (χ4n) is 2.74. The zero-order valence-electron chi connectivity index (χ0n) is 11.8. The van der Waals surface area contributed by atoms with E-state index in [1.54, 1.807) is 0 Å². The molecule has 3 rings (SSSR count). The smallest absolute Gasteiger partial charge is 0.248 e. The normalized spacial score (nSPS) is 24.4. The molecule has 0 aromatic rings. The standard InChI is InChI=1S/C15H26N2O2/c18-15(11-19-14-5-7-16-8-6-14)17(9-12-1-2-12)10-13-3-4-13/h12-14,16H,1-11H2. The van der Waals surface area contributed by atoms with Crippen molar-refractivity contribution in [3.05, 3.63) is 0 Å². The minimum absolute atomic E-state index is 0.220. The largest absolute Gasteiger partial charge is 0.368 e. The Labute approximate surface area is 115 Å². The van der Waals surface area contributed by atoms with E-state index in [1.807, 2.05) is 0 Å². The zero-order chi connectivity index (χ0) is 13.1. The van der Waals surface area contributed by atoms with E-state index >= 15 is 0 Å². The van der Waals surface area contributed by atoms with Gasteiger partial charge in [0.15, 0.2) is 0 Å². The SMILES string of the molecule is O=C(COC1CCNCC1)N(CC1CC1)CC1CC1. The summed E-state index contributed by atoms with van der Waals surface area (Å²) < 4.78 is 5.80. The number of carbonyl (C=O) groups is 1. The Morgan fingerprint density at radius 2 is 1.58 bits per heavy atom. The molecule has 1 saturated heterocycles. The molecule has 0 bridgehead atoms. The van der Waals surface area contributed by atoms with Crippen LogP contribution in [0, 0.1) is 11.8 Å². The van der Waals surface area contributed by atoms with Crippen LogP contribution in [0.15, 0.2) is 0 Å². The van der Waals surface area contributed by atoms with Crippen LogP contribution in [0.3, 0.4) is 0 Å². The van der Waals surface area contributed by atoms with Crippen molar-refractivity contribution in [2.75, 3.05) is 32.8 Å². The van der Waals surface area contributed by atoms with E-state index in [0.29, 0.717) is 6.61 Å². The van der Waals surface area contributed by atoms with Crippen LogP contribution < -0.4 is 5.32 Å². The summed E-state index contributed by atoms with van der Waals surface area (Å²) in [6, 6.07) is 0. The monoisotopic (exact) mass is 266 g/mol. The van der Waals surface area contributed by atoms with Crippen LogP contribution in [-0.2, 0) is 9.53 Å². The second-order valence-electron chi connectivity index (χ2n) is 6.45. The molecule has 0 unspecified atom stereocenters. The van der Waals surface area contributed by atoms with Gasteiger partial charge in [0, 0.05) is 13.1 Å². The molecule has 0 radical (unpaired) electrons. The molecule has 4 nitrogen and oxygen atoms in total. The number of hydrogen-bond donors (Lipinski definition) is 1. The summed E-state index contributed by atoms with van der Waals surface area (Å²) in [5.41, 5.74) is 0. The molecule has 19 heavy (non-hydrogen) atoms. The number of amides is 1. The van der Waals surface area contributed by atoms with Crippen molar-refractivity contribution in [3.63, 3.8) is 0 Å². The molecular formula is C15H26N2O2. The molecule has 2 saturated carbocycles. The first-order valence-corrected chi connectivity index (χ1v) is 7.91. The maximum Gasteiger partial charge on any atom is 0.248 e. The Morgan fingerprint density at radius 3 is 2.11 bits per heavy atom. The van der Waals surface area contributed by atoms with Crippen molar-refractivity contribution in [3.8, 4) is 0 Å². The average molecular weight is 266 g/mol. The number of nitrogens with zero attached hydrogens (tertiary/aromatic N) is 1. The predicted molar refractivity (Wildman–Crippen MR) is 73.9 cm³/mol. The number of carbonyl (C=O) groups excluding carboxylic acids is 1. The molecular weight excluding hydrogens is 240 g/mol. The van der Waals surface area contributed by atoms with Crippen molar-refractivity contribution in [2.24, 2.45) is 11.8 Å². The lowest BCUT2D eigenvalue weighted by Gasteiger charge is -2.26. The molecule has 0 aromatic heterocycles.